The van der Waals surface area contributed by atoms with Crippen molar-refractivity contribution in [1.29, 1.82) is 0 Å². The fourth-order valence-electron chi connectivity index (χ4n) is 4.20. The molecule has 0 aliphatic carbocycles. The predicted octanol–water partition coefficient (Wildman–Crippen LogP) is 2.94. The van der Waals surface area contributed by atoms with Crippen LogP contribution in [0.2, 0.25) is 0 Å². The van der Waals surface area contributed by atoms with E-state index < -0.39 is 0 Å². The van der Waals surface area contributed by atoms with E-state index in [0.29, 0.717) is 12.3 Å². The minimum absolute atomic E-state index is 0.0758. The van der Waals surface area contributed by atoms with Crippen molar-refractivity contribution in [2.45, 2.75) is 32.4 Å². The highest BCUT2D eigenvalue weighted by Gasteiger charge is 2.27. The summed E-state index contributed by atoms with van der Waals surface area (Å²) in [6, 6.07) is 10.0. The lowest BCUT2D eigenvalue weighted by molar-refractivity contribution is 0.0905. The standard InChI is InChI=1S/C22H29N5O2/c1-15-12-20(26(4)24-15)27-11-7-8-16(13-27)23-22(28)21-18(14-25(2)3)17-9-5-6-10-19(17)29-21/h5-6,9-10,12,16H,7-8,11,13-14H2,1-4H3,(H,23,28). The van der Waals surface area contributed by atoms with Gasteiger partial charge >= 0.3 is 0 Å². The average Bonchev–Trinajstić information content (AvgIpc) is 3.21. The number of aryl methyl sites for hydroxylation is 2. The SMILES string of the molecule is Cc1cc(N2CCCC(NC(=O)c3oc4ccccc4c3CN(C)C)C2)n(C)n1. The van der Waals surface area contributed by atoms with Gasteiger partial charge in [0.15, 0.2) is 5.76 Å². The minimum Gasteiger partial charge on any atom is -0.451 e. The van der Waals surface area contributed by atoms with Crippen LogP contribution in [0.25, 0.3) is 11.0 Å². The summed E-state index contributed by atoms with van der Waals surface area (Å²) in [6.07, 6.45) is 1.99. The predicted molar refractivity (Wildman–Crippen MR) is 114 cm³/mol. The zero-order chi connectivity index (χ0) is 20.5. The summed E-state index contributed by atoms with van der Waals surface area (Å²) >= 11 is 0. The first-order valence-corrected chi connectivity index (χ1v) is 10.1. The number of para-hydroxylation sites is 1. The van der Waals surface area contributed by atoms with E-state index in [1.165, 1.54) is 0 Å². The molecule has 0 saturated carbocycles. The van der Waals surface area contributed by atoms with E-state index in [9.17, 15) is 4.79 Å². The molecule has 1 unspecified atom stereocenters. The van der Waals surface area contributed by atoms with Gasteiger partial charge in [0.05, 0.1) is 5.69 Å². The van der Waals surface area contributed by atoms with Crippen LogP contribution in [-0.2, 0) is 13.6 Å². The molecule has 0 bridgehead atoms. The van der Waals surface area contributed by atoms with Gasteiger partial charge < -0.3 is 19.5 Å². The number of furan rings is 1. The molecule has 7 heteroatoms. The largest absolute Gasteiger partial charge is 0.451 e. The van der Waals surface area contributed by atoms with Crippen LogP contribution >= 0.6 is 0 Å². The van der Waals surface area contributed by atoms with E-state index in [-0.39, 0.29) is 11.9 Å². The first-order valence-electron chi connectivity index (χ1n) is 10.1. The Balaban J connectivity index is 1.54. The lowest BCUT2D eigenvalue weighted by Crippen LogP contribution is -2.48. The Morgan fingerprint density at radius 3 is 2.86 bits per heavy atom. The lowest BCUT2D eigenvalue weighted by atomic mass is 10.0. The second kappa shape index (κ2) is 7.91. The monoisotopic (exact) mass is 395 g/mol. The molecule has 1 atom stereocenters. The summed E-state index contributed by atoms with van der Waals surface area (Å²) in [7, 11) is 5.96. The van der Waals surface area contributed by atoms with Gasteiger partial charge in [-0.25, -0.2) is 0 Å². The van der Waals surface area contributed by atoms with Crippen LogP contribution < -0.4 is 10.2 Å². The van der Waals surface area contributed by atoms with E-state index in [1.54, 1.807) is 0 Å². The van der Waals surface area contributed by atoms with E-state index in [0.717, 1.165) is 54.0 Å². The molecule has 3 aromatic rings. The number of aromatic nitrogens is 2. The van der Waals surface area contributed by atoms with Crippen LogP contribution in [0.3, 0.4) is 0 Å². The minimum atomic E-state index is -0.133. The van der Waals surface area contributed by atoms with Crippen molar-refractivity contribution >= 4 is 22.7 Å². The maximum atomic E-state index is 13.1. The van der Waals surface area contributed by atoms with Gasteiger partial charge in [-0.3, -0.25) is 9.48 Å². The van der Waals surface area contributed by atoms with Crippen molar-refractivity contribution in [2.75, 3.05) is 32.1 Å². The molecule has 1 aliphatic heterocycles. The molecule has 1 amide bonds. The molecule has 1 aromatic carbocycles. The molecule has 1 saturated heterocycles. The van der Waals surface area contributed by atoms with Gasteiger partial charge in [0.1, 0.15) is 11.4 Å². The Morgan fingerprint density at radius 2 is 2.14 bits per heavy atom. The number of rotatable bonds is 5. The second-order valence-electron chi connectivity index (χ2n) is 8.17. The maximum Gasteiger partial charge on any atom is 0.287 e. The second-order valence-corrected chi connectivity index (χ2v) is 8.17. The fourth-order valence-corrected chi connectivity index (χ4v) is 4.20. The summed E-state index contributed by atoms with van der Waals surface area (Å²) < 4.78 is 7.88. The molecular weight excluding hydrogens is 366 g/mol. The third-order valence-electron chi connectivity index (χ3n) is 5.44. The quantitative estimate of drug-likeness (QED) is 0.720. The summed E-state index contributed by atoms with van der Waals surface area (Å²) in [6.45, 7) is 4.40. The van der Waals surface area contributed by atoms with E-state index in [2.05, 4.69) is 26.3 Å². The highest BCUT2D eigenvalue weighted by atomic mass is 16.3. The van der Waals surface area contributed by atoms with Crippen LogP contribution in [0.4, 0.5) is 5.82 Å². The topological polar surface area (TPSA) is 66.5 Å². The van der Waals surface area contributed by atoms with Crippen LogP contribution in [0.5, 0.6) is 0 Å². The maximum absolute atomic E-state index is 13.1. The fraction of sp³-hybridized carbons (Fsp3) is 0.455. The normalized spacial score (nSPS) is 17.3. The smallest absolute Gasteiger partial charge is 0.287 e. The first-order chi connectivity index (χ1) is 13.9. The molecule has 29 heavy (non-hydrogen) atoms. The Bertz CT molecular complexity index is 1020. The van der Waals surface area contributed by atoms with Gasteiger partial charge in [0, 0.05) is 49.7 Å². The number of anilines is 1. The molecule has 0 radical (unpaired) electrons. The Hall–Kier alpha value is -2.80. The Kier molecular flexibility index (Phi) is 5.32. The van der Waals surface area contributed by atoms with Gasteiger partial charge in [-0.05, 0) is 39.9 Å². The lowest BCUT2D eigenvalue weighted by Gasteiger charge is -2.34. The van der Waals surface area contributed by atoms with Crippen molar-refractivity contribution < 1.29 is 9.21 Å². The number of benzene rings is 1. The van der Waals surface area contributed by atoms with E-state index in [1.807, 2.05) is 57.0 Å². The van der Waals surface area contributed by atoms with Gasteiger partial charge in [0.2, 0.25) is 0 Å². The third-order valence-corrected chi connectivity index (χ3v) is 5.44. The van der Waals surface area contributed by atoms with Crippen molar-refractivity contribution in [2.24, 2.45) is 7.05 Å². The van der Waals surface area contributed by atoms with Crippen LogP contribution in [0.15, 0.2) is 34.7 Å². The number of nitrogens with one attached hydrogen (secondary N) is 1. The van der Waals surface area contributed by atoms with Gasteiger partial charge in [0.25, 0.3) is 5.91 Å². The summed E-state index contributed by atoms with van der Waals surface area (Å²) in [5.74, 6) is 1.39. The van der Waals surface area contributed by atoms with E-state index in [4.69, 9.17) is 4.42 Å². The summed E-state index contributed by atoms with van der Waals surface area (Å²) in [5.41, 5.74) is 2.70. The molecule has 0 spiro atoms. The molecule has 1 N–H and O–H groups in total. The van der Waals surface area contributed by atoms with Crippen molar-refractivity contribution in [3.63, 3.8) is 0 Å². The van der Waals surface area contributed by atoms with Crippen molar-refractivity contribution in [3.8, 4) is 0 Å². The average molecular weight is 396 g/mol. The van der Waals surface area contributed by atoms with Gasteiger partial charge in [-0.2, -0.15) is 5.10 Å². The molecule has 2 aromatic heterocycles. The van der Waals surface area contributed by atoms with Gasteiger partial charge in [-0.1, -0.05) is 18.2 Å². The number of hydrogen-bond donors (Lipinski definition) is 1. The number of piperidine rings is 1. The summed E-state index contributed by atoms with van der Waals surface area (Å²) in [4.78, 5) is 17.5. The molecule has 1 aliphatic rings. The number of amides is 1. The number of nitrogens with zero attached hydrogens (tertiary/aromatic N) is 4. The van der Waals surface area contributed by atoms with Crippen molar-refractivity contribution in [1.82, 2.24) is 20.0 Å². The third kappa shape index (κ3) is 4.00. The Morgan fingerprint density at radius 1 is 1.34 bits per heavy atom. The molecule has 4 rings (SSSR count). The highest BCUT2D eigenvalue weighted by molar-refractivity contribution is 5.99. The van der Waals surface area contributed by atoms with Crippen LogP contribution in [0, 0.1) is 6.92 Å². The zero-order valence-corrected chi connectivity index (χ0v) is 17.6. The van der Waals surface area contributed by atoms with Crippen LogP contribution in [-0.4, -0.2) is 53.8 Å². The van der Waals surface area contributed by atoms with E-state index >= 15 is 0 Å². The number of carbonyl (C=O) groups is 1. The highest BCUT2D eigenvalue weighted by Crippen LogP contribution is 2.27. The molecular formula is C22H29N5O2. The summed E-state index contributed by atoms with van der Waals surface area (Å²) in [5, 5.41) is 8.67. The number of hydrogen-bond acceptors (Lipinski definition) is 5. The molecule has 7 nitrogen and oxygen atoms in total. The first kappa shape index (κ1) is 19.5. The molecule has 1 fully saturated rings. The van der Waals surface area contributed by atoms with Crippen LogP contribution in [0.1, 0.15) is 34.7 Å². The number of carbonyl (C=O) groups excluding carboxylic acids is 1. The molecule has 3 heterocycles. The van der Waals surface area contributed by atoms with Crippen molar-refractivity contribution in [3.05, 3.63) is 47.3 Å². The number of fused-ring (bicyclic) bond motifs is 1. The molecule has 154 valence electrons. The zero-order valence-electron chi connectivity index (χ0n) is 17.6. The Labute approximate surface area is 171 Å². The van der Waals surface area contributed by atoms with Gasteiger partial charge in [-0.15, -0.1) is 0 Å².